The van der Waals surface area contributed by atoms with Crippen LogP contribution in [0.4, 0.5) is 5.95 Å². The number of anilines is 1. The highest BCUT2D eigenvalue weighted by atomic mass is 79.9. The van der Waals surface area contributed by atoms with E-state index in [1.807, 2.05) is 30.5 Å². The highest BCUT2D eigenvalue weighted by Crippen LogP contribution is 2.17. The minimum Gasteiger partial charge on any atom is -0.469 e. The summed E-state index contributed by atoms with van der Waals surface area (Å²) >= 11 is 3.47. The van der Waals surface area contributed by atoms with Crippen LogP contribution in [-0.4, -0.2) is 20.6 Å². The van der Waals surface area contributed by atoms with E-state index in [1.165, 1.54) is 0 Å². The molecule has 1 atom stereocenters. The quantitative estimate of drug-likeness (QED) is 0.775. The van der Waals surface area contributed by atoms with Crippen molar-refractivity contribution >= 4 is 27.5 Å². The lowest BCUT2D eigenvalue weighted by Gasteiger charge is -2.10. The molecule has 5 nitrogen and oxygen atoms in total. The molecule has 3 rings (SSSR count). The molecule has 0 amide bonds. The van der Waals surface area contributed by atoms with Crippen LogP contribution in [-0.2, 0) is 6.42 Å². The van der Waals surface area contributed by atoms with E-state index in [4.69, 9.17) is 4.42 Å². The van der Waals surface area contributed by atoms with Gasteiger partial charge in [0.15, 0.2) is 5.65 Å². The average Bonchev–Trinajstić information content (AvgIpc) is 3.05. The molecule has 104 valence electrons. The van der Waals surface area contributed by atoms with Crippen LogP contribution in [0.5, 0.6) is 0 Å². The Labute approximate surface area is 125 Å². The van der Waals surface area contributed by atoms with Crippen molar-refractivity contribution in [2.24, 2.45) is 0 Å². The van der Waals surface area contributed by atoms with E-state index >= 15 is 0 Å². The van der Waals surface area contributed by atoms with Gasteiger partial charge >= 0.3 is 0 Å². The summed E-state index contributed by atoms with van der Waals surface area (Å²) in [6, 6.07) is 8.06. The first kappa shape index (κ1) is 13.2. The maximum absolute atomic E-state index is 5.33. The second kappa shape index (κ2) is 5.66. The van der Waals surface area contributed by atoms with Crippen molar-refractivity contribution in [2.75, 3.05) is 5.32 Å². The van der Waals surface area contributed by atoms with Gasteiger partial charge in [-0.05, 0) is 53.5 Å². The lowest BCUT2D eigenvalue weighted by Crippen LogP contribution is -2.16. The Morgan fingerprint density at radius 2 is 2.30 bits per heavy atom. The van der Waals surface area contributed by atoms with E-state index in [-0.39, 0.29) is 6.04 Å². The Bertz CT molecular complexity index is 692. The number of fused-ring (bicyclic) bond motifs is 1. The highest BCUT2D eigenvalue weighted by Gasteiger charge is 2.09. The summed E-state index contributed by atoms with van der Waals surface area (Å²) in [6.07, 6.45) is 5.45. The third kappa shape index (κ3) is 2.85. The third-order valence-electron chi connectivity index (χ3n) is 3.09. The molecule has 0 aromatic carbocycles. The van der Waals surface area contributed by atoms with Crippen LogP contribution >= 0.6 is 15.9 Å². The topological polar surface area (TPSA) is 55.4 Å². The van der Waals surface area contributed by atoms with Crippen LogP contribution in [0.1, 0.15) is 19.1 Å². The molecule has 0 spiro atoms. The molecule has 3 heterocycles. The number of rotatable bonds is 5. The zero-order valence-corrected chi connectivity index (χ0v) is 12.7. The van der Waals surface area contributed by atoms with E-state index in [0.29, 0.717) is 5.95 Å². The minimum absolute atomic E-state index is 0.274. The van der Waals surface area contributed by atoms with Gasteiger partial charge in [0.25, 0.3) is 0 Å². The van der Waals surface area contributed by atoms with Crippen LogP contribution in [0.2, 0.25) is 0 Å². The molecule has 0 bridgehead atoms. The van der Waals surface area contributed by atoms with Gasteiger partial charge in [-0.15, -0.1) is 5.10 Å². The van der Waals surface area contributed by atoms with E-state index < -0.39 is 0 Å². The molecule has 1 unspecified atom stereocenters. The molecule has 0 saturated heterocycles. The second-order valence-electron chi connectivity index (χ2n) is 4.72. The fourth-order valence-corrected chi connectivity index (χ4v) is 2.46. The summed E-state index contributed by atoms with van der Waals surface area (Å²) in [6.45, 7) is 2.11. The predicted octanol–water partition coefficient (Wildman–Crippen LogP) is 3.52. The maximum Gasteiger partial charge on any atom is 0.243 e. The van der Waals surface area contributed by atoms with Gasteiger partial charge in [0, 0.05) is 18.7 Å². The van der Waals surface area contributed by atoms with Crippen LogP contribution < -0.4 is 5.32 Å². The first-order valence-electron chi connectivity index (χ1n) is 6.52. The lowest BCUT2D eigenvalue weighted by molar-refractivity contribution is 0.494. The van der Waals surface area contributed by atoms with Gasteiger partial charge in [0.2, 0.25) is 5.95 Å². The van der Waals surface area contributed by atoms with Gasteiger partial charge < -0.3 is 9.73 Å². The van der Waals surface area contributed by atoms with Gasteiger partial charge in [0.05, 0.1) is 10.7 Å². The van der Waals surface area contributed by atoms with E-state index in [9.17, 15) is 0 Å². The summed E-state index contributed by atoms with van der Waals surface area (Å²) in [7, 11) is 0. The molecule has 20 heavy (non-hydrogen) atoms. The van der Waals surface area contributed by atoms with Crippen molar-refractivity contribution < 1.29 is 4.42 Å². The van der Waals surface area contributed by atoms with Crippen molar-refractivity contribution in [1.29, 1.82) is 0 Å². The van der Waals surface area contributed by atoms with Crippen molar-refractivity contribution in [2.45, 2.75) is 25.8 Å². The number of aryl methyl sites for hydroxylation is 1. The number of aromatic nitrogens is 3. The smallest absolute Gasteiger partial charge is 0.243 e. The van der Waals surface area contributed by atoms with E-state index in [2.05, 4.69) is 38.3 Å². The monoisotopic (exact) mass is 334 g/mol. The Morgan fingerprint density at radius 3 is 3.05 bits per heavy atom. The molecule has 1 N–H and O–H groups in total. The zero-order valence-electron chi connectivity index (χ0n) is 11.1. The summed E-state index contributed by atoms with van der Waals surface area (Å²) in [5.74, 6) is 1.65. The van der Waals surface area contributed by atoms with Crippen LogP contribution in [0.15, 0.2) is 45.6 Å². The summed E-state index contributed by atoms with van der Waals surface area (Å²) in [5.41, 5.74) is 0.813. The van der Waals surface area contributed by atoms with Crippen molar-refractivity contribution in [1.82, 2.24) is 14.6 Å². The van der Waals surface area contributed by atoms with Crippen LogP contribution in [0.3, 0.4) is 0 Å². The highest BCUT2D eigenvalue weighted by molar-refractivity contribution is 9.10. The molecule has 0 aliphatic rings. The number of nitrogens with zero attached hydrogens (tertiary/aromatic N) is 3. The van der Waals surface area contributed by atoms with Gasteiger partial charge in [-0.25, -0.2) is 4.52 Å². The Kier molecular flexibility index (Phi) is 3.73. The molecule has 3 aromatic heterocycles. The Hall–Kier alpha value is -1.82. The summed E-state index contributed by atoms with van der Waals surface area (Å²) in [5, 5.41) is 7.71. The minimum atomic E-state index is 0.274. The molecule has 0 radical (unpaired) electrons. The number of hydrogen-bond donors (Lipinski definition) is 1. The number of furan rings is 1. The first-order valence-corrected chi connectivity index (χ1v) is 7.31. The zero-order chi connectivity index (χ0) is 13.9. The van der Waals surface area contributed by atoms with Crippen molar-refractivity contribution in [3.63, 3.8) is 0 Å². The van der Waals surface area contributed by atoms with E-state index in [0.717, 1.165) is 28.7 Å². The molecule has 0 aliphatic heterocycles. The molecule has 0 fully saturated rings. The molecular formula is C14H15BrN4O. The summed E-state index contributed by atoms with van der Waals surface area (Å²) in [4.78, 5) is 4.47. The standard InChI is InChI=1S/C14H15BrN4O/c1-10(6-7-11-4-3-9-20-11)16-14-17-13-12(15)5-2-8-19(13)18-14/h2-5,8-10H,6-7H2,1H3,(H,16,18). The third-order valence-corrected chi connectivity index (χ3v) is 3.71. The van der Waals surface area contributed by atoms with Crippen molar-refractivity contribution in [3.05, 3.63) is 47.0 Å². The molecule has 6 heteroatoms. The van der Waals surface area contributed by atoms with Gasteiger partial charge in [-0.2, -0.15) is 4.98 Å². The van der Waals surface area contributed by atoms with Gasteiger partial charge in [0.1, 0.15) is 5.76 Å². The first-order chi connectivity index (χ1) is 9.72. The fraction of sp³-hybridized carbons (Fsp3) is 0.286. The summed E-state index contributed by atoms with van der Waals surface area (Å²) < 4.78 is 8.02. The largest absolute Gasteiger partial charge is 0.469 e. The lowest BCUT2D eigenvalue weighted by atomic mass is 10.1. The second-order valence-corrected chi connectivity index (χ2v) is 5.58. The molecule has 0 aliphatic carbocycles. The number of nitrogens with one attached hydrogen (secondary N) is 1. The molecule has 0 saturated carbocycles. The molecule has 3 aromatic rings. The predicted molar refractivity (Wildman–Crippen MR) is 80.8 cm³/mol. The Balaban J connectivity index is 1.65. The normalized spacial score (nSPS) is 12.7. The van der Waals surface area contributed by atoms with Crippen LogP contribution in [0, 0.1) is 0 Å². The van der Waals surface area contributed by atoms with E-state index in [1.54, 1.807) is 10.8 Å². The fourth-order valence-electron chi connectivity index (χ4n) is 2.04. The average molecular weight is 335 g/mol. The number of halogens is 1. The van der Waals surface area contributed by atoms with Gasteiger partial charge in [-0.3, -0.25) is 0 Å². The maximum atomic E-state index is 5.33. The SMILES string of the molecule is CC(CCc1ccco1)Nc1nc2c(Br)cccn2n1. The number of pyridine rings is 1. The number of hydrogen-bond acceptors (Lipinski definition) is 4. The van der Waals surface area contributed by atoms with Crippen LogP contribution in [0.25, 0.3) is 5.65 Å². The molecular weight excluding hydrogens is 320 g/mol. The van der Waals surface area contributed by atoms with Gasteiger partial charge in [-0.1, -0.05) is 0 Å². The van der Waals surface area contributed by atoms with Crippen molar-refractivity contribution in [3.8, 4) is 0 Å². The Morgan fingerprint density at radius 1 is 1.40 bits per heavy atom.